The highest BCUT2D eigenvalue weighted by molar-refractivity contribution is 5.66. The fraction of sp³-hybridized carbons (Fsp3) is 0.800. The third kappa shape index (κ3) is 18.7. The van der Waals surface area contributed by atoms with E-state index in [0.717, 1.165) is 25.7 Å². The molecule has 24 heavy (non-hydrogen) atoms. The zero-order valence-electron chi connectivity index (χ0n) is 15.3. The summed E-state index contributed by atoms with van der Waals surface area (Å²) in [6.45, 7) is 1.08. The highest BCUT2D eigenvalue weighted by Gasteiger charge is 2.07. The van der Waals surface area contributed by atoms with Crippen LogP contribution in [0.1, 0.15) is 96.8 Å². The lowest BCUT2D eigenvalue weighted by atomic mass is 9.99. The number of carbonyl (C=O) groups is 2. The quantitative estimate of drug-likeness (QED) is 0.328. The van der Waals surface area contributed by atoms with E-state index in [1.54, 1.807) is 0 Å². The summed E-state index contributed by atoms with van der Waals surface area (Å²) in [6.07, 6.45) is 21.9. The van der Waals surface area contributed by atoms with Crippen LogP contribution in [0.4, 0.5) is 0 Å². The highest BCUT2D eigenvalue weighted by atomic mass is 16.4. The molecule has 0 aromatic rings. The number of rotatable bonds is 13. The van der Waals surface area contributed by atoms with Crippen molar-refractivity contribution in [3.8, 4) is 0 Å². The molecule has 0 bridgehead atoms. The Bertz CT molecular complexity index is 346. The molecule has 0 amide bonds. The molecule has 1 atom stereocenters. The summed E-state index contributed by atoms with van der Waals surface area (Å²) in [5, 5.41) is 15.9. The van der Waals surface area contributed by atoms with E-state index in [9.17, 15) is 4.79 Å². The minimum atomic E-state index is -0.833. The van der Waals surface area contributed by atoms with Crippen LogP contribution in [0.5, 0.6) is 0 Å². The second-order valence-electron chi connectivity index (χ2n) is 6.75. The first-order valence-electron chi connectivity index (χ1n) is 9.60. The third-order valence-electron chi connectivity index (χ3n) is 4.33. The largest absolute Gasteiger partial charge is 0.481 e. The summed E-state index contributed by atoms with van der Waals surface area (Å²) >= 11 is 0. The van der Waals surface area contributed by atoms with E-state index in [1.165, 1.54) is 70.6 Å². The average Bonchev–Trinajstić information content (AvgIpc) is 3.01. The Balaban J connectivity index is 0.00000118. The van der Waals surface area contributed by atoms with E-state index in [-0.39, 0.29) is 0 Å². The number of aliphatic carboxylic acids is 2. The van der Waals surface area contributed by atoms with Crippen LogP contribution in [-0.4, -0.2) is 22.2 Å². The normalized spacial score (nSPS) is 15.8. The van der Waals surface area contributed by atoms with Crippen LogP contribution in [0.25, 0.3) is 0 Å². The second kappa shape index (κ2) is 16.5. The zero-order valence-corrected chi connectivity index (χ0v) is 15.3. The summed E-state index contributed by atoms with van der Waals surface area (Å²) in [5.74, 6) is -0.598. The second-order valence-corrected chi connectivity index (χ2v) is 6.75. The molecule has 0 spiro atoms. The molecular weight excluding hydrogens is 304 g/mol. The topological polar surface area (TPSA) is 74.6 Å². The summed E-state index contributed by atoms with van der Waals surface area (Å²) in [4.78, 5) is 19.3. The van der Waals surface area contributed by atoms with Gasteiger partial charge in [-0.3, -0.25) is 9.59 Å². The van der Waals surface area contributed by atoms with Gasteiger partial charge in [-0.1, -0.05) is 69.9 Å². The van der Waals surface area contributed by atoms with E-state index in [0.29, 0.717) is 6.42 Å². The lowest BCUT2D eigenvalue weighted by Gasteiger charge is -2.06. The van der Waals surface area contributed by atoms with Crippen molar-refractivity contribution in [3.05, 3.63) is 12.2 Å². The van der Waals surface area contributed by atoms with Crippen LogP contribution < -0.4 is 0 Å². The Hall–Kier alpha value is -1.32. The number of carboxylic acid groups (broad SMARTS) is 2. The van der Waals surface area contributed by atoms with E-state index in [1.807, 2.05) is 0 Å². The molecule has 0 aliphatic heterocycles. The highest BCUT2D eigenvalue weighted by Crippen LogP contribution is 2.23. The fourth-order valence-electron chi connectivity index (χ4n) is 3.03. The van der Waals surface area contributed by atoms with Gasteiger partial charge in [0.25, 0.3) is 5.97 Å². The van der Waals surface area contributed by atoms with Gasteiger partial charge < -0.3 is 10.2 Å². The van der Waals surface area contributed by atoms with Crippen molar-refractivity contribution in [1.29, 1.82) is 0 Å². The SMILES string of the molecule is CC(=O)O.O=C(O)CCCCCCCCCCCC[C@@H]1C=CCC1. The van der Waals surface area contributed by atoms with Crippen molar-refractivity contribution in [2.75, 3.05) is 0 Å². The summed E-state index contributed by atoms with van der Waals surface area (Å²) < 4.78 is 0. The Morgan fingerprint density at radius 3 is 1.75 bits per heavy atom. The molecule has 0 radical (unpaired) electrons. The number of allylic oxidation sites excluding steroid dienone is 2. The van der Waals surface area contributed by atoms with Gasteiger partial charge in [0.05, 0.1) is 0 Å². The molecule has 0 saturated heterocycles. The molecule has 0 heterocycles. The Kier molecular flexibility index (Phi) is 15.6. The monoisotopic (exact) mass is 340 g/mol. The molecule has 0 aromatic heterocycles. The van der Waals surface area contributed by atoms with E-state index >= 15 is 0 Å². The number of carboxylic acids is 2. The summed E-state index contributed by atoms with van der Waals surface area (Å²) in [5.41, 5.74) is 0. The maximum atomic E-state index is 10.3. The van der Waals surface area contributed by atoms with Gasteiger partial charge in [-0.05, 0) is 31.6 Å². The van der Waals surface area contributed by atoms with Crippen molar-refractivity contribution in [3.63, 3.8) is 0 Å². The molecule has 0 saturated carbocycles. The maximum absolute atomic E-state index is 10.3. The minimum Gasteiger partial charge on any atom is -0.481 e. The Morgan fingerprint density at radius 1 is 0.875 bits per heavy atom. The van der Waals surface area contributed by atoms with Crippen molar-refractivity contribution >= 4 is 11.9 Å². The van der Waals surface area contributed by atoms with Gasteiger partial charge >= 0.3 is 5.97 Å². The fourth-order valence-corrected chi connectivity index (χ4v) is 3.03. The van der Waals surface area contributed by atoms with Gasteiger partial charge in [-0.2, -0.15) is 0 Å². The van der Waals surface area contributed by atoms with Gasteiger partial charge in [-0.25, -0.2) is 0 Å². The molecule has 140 valence electrons. The Labute approximate surface area is 147 Å². The minimum absolute atomic E-state index is 0.343. The summed E-state index contributed by atoms with van der Waals surface area (Å²) in [7, 11) is 0. The van der Waals surface area contributed by atoms with Crippen LogP contribution in [0.2, 0.25) is 0 Å². The lowest BCUT2D eigenvalue weighted by Crippen LogP contribution is -1.93. The van der Waals surface area contributed by atoms with E-state index in [4.69, 9.17) is 15.0 Å². The molecule has 0 aromatic carbocycles. The van der Waals surface area contributed by atoms with Crippen molar-refractivity contribution < 1.29 is 19.8 Å². The first-order chi connectivity index (χ1) is 11.5. The lowest BCUT2D eigenvalue weighted by molar-refractivity contribution is -0.137. The first-order valence-corrected chi connectivity index (χ1v) is 9.60. The molecule has 2 N–H and O–H groups in total. The smallest absolute Gasteiger partial charge is 0.303 e. The van der Waals surface area contributed by atoms with E-state index < -0.39 is 11.9 Å². The molecule has 0 unspecified atom stereocenters. The maximum Gasteiger partial charge on any atom is 0.303 e. The predicted molar refractivity (Wildman–Crippen MR) is 98.2 cm³/mol. The van der Waals surface area contributed by atoms with Crippen LogP contribution in [0, 0.1) is 5.92 Å². The molecular formula is C20H36O4. The molecule has 4 heteroatoms. The number of hydrogen-bond acceptors (Lipinski definition) is 2. The van der Waals surface area contributed by atoms with Crippen molar-refractivity contribution in [1.82, 2.24) is 0 Å². The molecule has 0 fully saturated rings. The predicted octanol–water partition coefficient (Wildman–Crippen LogP) is 5.81. The van der Waals surface area contributed by atoms with Crippen LogP contribution in [0.3, 0.4) is 0 Å². The number of hydrogen-bond donors (Lipinski definition) is 2. The van der Waals surface area contributed by atoms with E-state index in [2.05, 4.69) is 12.2 Å². The van der Waals surface area contributed by atoms with Crippen LogP contribution >= 0.6 is 0 Å². The molecule has 4 nitrogen and oxygen atoms in total. The molecule has 1 aliphatic rings. The number of unbranched alkanes of at least 4 members (excludes halogenated alkanes) is 9. The van der Waals surface area contributed by atoms with Gasteiger partial charge in [0.15, 0.2) is 0 Å². The third-order valence-corrected chi connectivity index (χ3v) is 4.33. The van der Waals surface area contributed by atoms with Gasteiger partial charge in [0.2, 0.25) is 0 Å². The van der Waals surface area contributed by atoms with Crippen molar-refractivity contribution in [2.24, 2.45) is 5.92 Å². The van der Waals surface area contributed by atoms with Gasteiger partial charge in [-0.15, -0.1) is 0 Å². The van der Waals surface area contributed by atoms with Crippen molar-refractivity contribution in [2.45, 2.75) is 96.8 Å². The summed E-state index contributed by atoms with van der Waals surface area (Å²) in [6, 6.07) is 0. The van der Waals surface area contributed by atoms with Gasteiger partial charge in [0.1, 0.15) is 0 Å². The van der Waals surface area contributed by atoms with Crippen LogP contribution in [0.15, 0.2) is 12.2 Å². The first kappa shape index (κ1) is 22.7. The Morgan fingerprint density at radius 2 is 1.33 bits per heavy atom. The average molecular weight is 341 g/mol. The van der Waals surface area contributed by atoms with Crippen LogP contribution in [-0.2, 0) is 9.59 Å². The van der Waals surface area contributed by atoms with Gasteiger partial charge in [0, 0.05) is 13.3 Å². The molecule has 1 aliphatic carbocycles. The standard InChI is InChI=1S/C18H32O2.C2H4O2/c19-18(20)16-10-8-6-4-2-1-3-5-7-9-13-17-14-11-12-15-17;1-2(3)4/h11,14,17H,1-10,12-13,15-16H2,(H,19,20);1H3,(H,3,4)/t17-;/m1./s1. The zero-order chi connectivity index (χ0) is 18.0. The molecule has 1 rings (SSSR count).